The number of hydrogen-bond acceptors (Lipinski definition) is 6. The van der Waals surface area contributed by atoms with Crippen LogP contribution in [0.25, 0.3) is 0 Å². The molecule has 1 atom stereocenters. The van der Waals surface area contributed by atoms with Crippen LogP contribution in [0.15, 0.2) is 18.3 Å². The van der Waals surface area contributed by atoms with Gasteiger partial charge in [-0.25, -0.2) is 9.78 Å². The van der Waals surface area contributed by atoms with Crippen molar-refractivity contribution < 1.29 is 19.2 Å². The number of nitrogens with zero attached hydrogens (tertiary/aromatic N) is 3. The quantitative estimate of drug-likeness (QED) is 0.618. The van der Waals surface area contributed by atoms with Crippen LogP contribution in [0, 0.1) is 10.1 Å². The highest BCUT2D eigenvalue weighted by Gasteiger charge is 2.31. The van der Waals surface area contributed by atoms with Crippen molar-refractivity contribution in [3.05, 3.63) is 28.4 Å². The summed E-state index contributed by atoms with van der Waals surface area (Å²) in [5.74, 6) is -0.0304. The molecular weight excluding hydrogens is 314 g/mol. The van der Waals surface area contributed by atoms with Gasteiger partial charge in [0.1, 0.15) is 12.2 Å². The zero-order valence-electron chi connectivity index (χ0n) is 14.2. The molecule has 2 rings (SSSR count). The lowest BCUT2D eigenvalue weighted by Gasteiger charge is -2.36. The van der Waals surface area contributed by atoms with Gasteiger partial charge in [0.2, 0.25) is 0 Å². The fourth-order valence-corrected chi connectivity index (χ4v) is 2.54. The van der Waals surface area contributed by atoms with Crippen LogP contribution >= 0.6 is 0 Å². The molecule has 0 aliphatic carbocycles. The Bertz CT molecular complexity index is 600. The molecule has 1 fully saturated rings. The molecule has 0 unspecified atom stereocenters. The third kappa shape index (κ3) is 4.81. The van der Waals surface area contributed by atoms with Gasteiger partial charge in [0.15, 0.2) is 0 Å². The first-order valence-electron chi connectivity index (χ1n) is 8.00. The van der Waals surface area contributed by atoms with Gasteiger partial charge in [0.05, 0.1) is 11.0 Å². The molecule has 1 amide bonds. The van der Waals surface area contributed by atoms with Gasteiger partial charge in [-0.1, -0.05) is 0 Å². The molecule has 0 bridgehead atoms. The molecule has 2 heterocycles. The van der Waals surface area contributed by atoms with Gasteiger partial charge in [-0.15, -0.1) is 0 Å². The number of hydrogen-bond donors (Lipinski definition) is 0. The number of ether oxygens (including phenoxy) is 2. The van der Waals surface area contributed by atoms with Crippen LogP contribution in [0.2, 0.25) is 0 Å². The number of likely N-dealkylation sites (tertiary alicyclic amines) is 1. The highest BCUT2D eigenvalue weighted by molar-refractivity contribution is 5.68. The first-order chi connectivity index (χ1) is 11.3. The second-order valence-corrected chi connectivity index (χ2v) is 6.72. The zero-order valence-corrected chi connectivity index (χ0v) is 14.2. The second-order valence-electron chi connectivity index (χ2n) is 6.72. The summed E-state index contributed by atoms with van der Waals surface area (Å²) >= 11 is 0. The van der Waals surface area contributed by atoms with E-state index >= 15 is 0 Å². The Balaban J connectivity index is 2.04. The Labute approximate surface area is 140 Å². The summed E-state index contributed by atoms with van der Waals surface area (Å²) in [7, 11) is 0. The molecule has 8 nitrogen and oxygen atoms in total. The smallest absolute Gasteiger partial charge is 0.410 e. The maximum Gasteiger partial charge on any atom is 0.410 e. The molecule has 1 aromatic heterocycles. The third-order valence-electron chi connectivity index (χ3n) is 3.62. The maximum atomic E-state index is 12.3. The van der Waals surface area contributed by atoms with Crippen molar-refractivity contribution in [3.8, 4) is 5.88 Å². The average Bonchev–Trinajstić information content (AvgIpc) is 2.51. The van der Waals surface area contributed by atoms with Crippen LogP contribution in [0.1, 0.15) is 40.0 Å². The number of rotatable bonds is 4. The van der Waals surface area contributed by atoms with E-state index in [0.29, 0.717) is 6.54 Å². The van der Waals surface area contributed by atoms with E-state index in [1.54, 1.807) is 4.90 Å². The van der Waals surface area contributed by atoms with Gasteiger partial charge in [-0.05, 0) is 46.1 Å². The lowest BCUT2D eigenvalue weighted by molar-refractivity contribution is -0.386. The standard InChI is InChI=1S/C16H23N3O5/c1-16(2,3)24-15(20)18-10-5-4-7-12(18)11-23-14-13(19(21)22)8-6-9-17-14/h6,8-9,12H,4-5,7,10-11H2,1-3H3/t12-/m1/s1. The van der Waals surface area contributed by atoms with Crippen molar-refractivity contribution in [1.82, 2.24) is 9.88 Å². The average molecular weight is 337 g/mol. The number of aromatic nitrogens is 1. The van der Waals surface area contributed by atoms with E-state index in [0.717, 1.165) is 19.3 Å². The van der Waals surface area contributed by atoms with Gasteiger partial charge >= 0.3 is 11.8 Å². The summed E-state index contributed by atoms with van der Waals surface area (Å²) in [6.07, 6.45) is 3.69. The van der Waals surface area contributed by atoms with Gasteiger partial charge in [-0.3, -0.25) is 10.1 Å². The molecule has 0 radical (unpaired) electrons. The lowest BCUT2D eigenvalue weighted by atomic mass is 10.0. The van der Waals surface area contributed by atoms with Gasteiger partial charge in [0.25, 0.3) is 5.88 Å². The Morgan fingerprint density at radius 2 is 2.21 bits per heavy atom. The van der Waals surface area contributed by atoms with Crippen molar-refractivity contribution in [3.63, 3.8) is 0 Å². The second kappa shape index (κ2) is 7.46. The van der Waals surface area contributed by atoms with Crippen LogP contribution in [0.4, 0.5) is 10.5 Å². The number of carbonyl (C=O) groups excluding carboxylic acids is 1. The Morgan fingerprint density at radius 1 is 1.46 bits per heavy atom. The summed E-state index contributed by atoms with van der Waals surface area (Å²) in [6, 6.07) is 2.64. The monoisotopic (exact) mass is 337 g/mol. The maximum absolute atomic E-state index is 12.3. The van der Waals surface area contributed by atoms with E-state index in [4.69, 9.17) is 9.47 Å². The van der Waals surface area contributed by atoms with Gasteiger partial charge < -0.3 is 14.4 Å². The molecule has 1 aromatic rings. The van der Waals surface area contributed by atoms with E-state index < -0.39 is 10.5 Å². The Kier molecular flexibility index (Phi) is 5.58. The summed E-state index contributed by atoms with van der Waals surface area (Å²) in [5.41, 5.74) is -0.753. The van der Waals surface area contributed by atoms with Gasteiger partial charge in [0, 0.05) is 18.8 Å². The predicted octanol–water partition coefficient (Wildman–Crippen LogP) is 3.16. The first-order valence-corrected chi connectivity index (χ1v) is 8.00. The molecule has 1 saturated heterocycles. The first kappa shape index (κ1) is 18.0. The molecular formula is C16H23N3O5. The summed E-state index contributed by atoms with van der Waals surface area (Å²) in [6.45, 7) is 6.19. The van der Waals surface area contributed by atoms with E-state index in [-0.39, 0.29) is 30.3 Å². The lowest BCUT2D eigenvalue weighted by Crippen LogP contribution is -2.48. The topological polar surface area (TPSA) is 94.8 Å². The van der Waals surface area contributed by atoms with E-state index in [2.05, 4.69) is 4.98 Å². The molecule has 1 aliphatic rings. The van der Waals surface area contributed by atoms with Crippen LogP contribution in [-0.2, 0) is 4.74 Å². The Hall–Kier alpha value is -2.38. The normalized spacial score (nSPS) is 18.1. The highest BCUT2D eigenvalue weighted by Crippen LogP contribution is 2.25. The van der Waals surface area contributed by atoms with Gasteiger partial charge in [-0.2, -0.15) is 0 Å². The summed E-state index contributed by atoms with van der Waals surface area (Å²) in [5, 5.41) is 11.0. The zero-order chi connectivity index (χ0) is 17.7. The summed E-state index contributed by atoms with van der Waals surface area (Å²) < 4.78 is 11.0. The van der Waals surface area contributed by atoms with Crippen LogP contribution in [0.3, 0.4) is 0 Å². The van der Waals surface area contributed by atoms with Crippen LogP contribution < -0.4 is 4.74 Å². The number of carbonyl (C=O) groups is 1. The van der Waals surface area contributed by atoms with E-state index in [1.807, 2.05) is 20.8 Å². The van der Waals surface area contributed by atoms with E-state index in [9.17, 15) is 14.9 Å². The minimum Gasteiger partial charge on any atom is -0.471 e. The molecule has 24 heavy (non-hydrogen) atoms. The summed E-state index contributed by atoms with van der Waals surface area (Å²) in [4.78, 5) is 28.4. The molecule has 0 N–H and O–H groups in total. The van der Waals surface area contributed by atoms with Crippen molar-refractivity contribution in [2.24, 2.45) is 0 Å². The van der Waals surface area contributed by atoms with Crippen molar-refractivity contribution in [1.29, 1.82) is 0 Å². The molecule has 0 saturated carbocycles. The largest absolute Gasteiger partial charge is 0.471 e. The van der Waals surface area contributed by atoms with Crippen LogP contribution in [0.5, 0.6) is 5.88 Å². The number of piperidine rings is 1. The van der Waals surface area contributed by atoms with Crippen molar-refractivity contribution in [2.45, 2.75) is 51.7 Å². The van der Waals surface area contributed by atoms with E-state index in [1.165, 1.54) is 18.3 Å². The minimum atomic E-state index is -0.570. The number of amides is 1. The minimum absolute atomic E-state index is 0.0304. The highest BCUT2D eigenvalue weighted by atomic mass is 16.6. The Morgan fingerprint density at radius 3 is 2.88 bits per heavy atom. The number of pyridine rings is 1. The molecule has 132 valence electrons. The predicted molar refractivity (Wildman–Crippen MR) is 87.0 cm³/mol. The van der Waals surface area contributed by atoms with Crippen LogP contribution in [-0.4, -0.2) is 45.7 Å². The molecule has 8 heteroatoms. The fourth-order valence-electron chi connectivity index (χ4n) is 2.54. The third-order valence-corrected chi connectivity index (χ3v) is 3.62. The SMILES string of the molecule is CC(C)(C)OC(=O)N1CCCC[C@@H]1COc1ncccc1[N+](=O)[O-]. The number of nitro groups is 1. The van der Waals surface area contributed by atoms with Crippen molar-refractivity contribution in [2.75, 3.05) is 13.2 Å². The fraction of sp³-hybridized carbons (Fsp3) is 0.625. The van der Waals surface area contributed by atoms with Crippen molar-refractivity contribution >= 4 is 11.8 Å². The molecule has 0 spiro atoms. The molecule has 1 aliphatic heterocycles. The molecule has 0 aromatic carbocycles.